The molecule has 0 atom stereocenters. The molecular weight excluding hydrogens is 415 g/mol. The maximum atomic E-state index is 13.2. The molecule has 1 aromatic heterocycles. The molecule has 0 unspecified atom stereocenters. The summed E-state index contributed by atoms with van der Waals surface area (Å²) >= 11 is 0. The molecule has 162 valence electrons. The van der Waals surface area contributed by atoms with Gasteiger partial charge < -0.3 is 24.3 Å². The van der Waals surface area contributed by atoms with Gasteiger partial charge in [-0.2, -0.15) is 4.98 Å². The van der Waals surface area contributed by atoms with Gasteiger partial charge in [-0.15, -0.1) is 24.8 Å². The van der Waals surface area contributed by atoms with Crippen molar-refractivity contribution < 1.29 is 13.9 Å². The number of anilines is 1. The molecule has 0 spiro atoms. The van der Waals surface area contributed by atoms with Crippen LogP contribution >= 0.6 is 24.8 Å². The summed E-state index contributed by atoms with van der Waals surface area (Å²) in [4.78, 5) is 22.0. The maximum absolute atomic E-state index is 13.2. The molecule has 2 aromatic rings. The largest absolute Gasteiger partial charge is 0.423 e. The van der Waals surface area contributed by atoms with Crippen molar-refractivity contribution in [3.05, 3.63) is 23.8 Å². The zero-order chi connectivity index (χ0) is 18.9. The highest BCUT2D eigenvalue weighted by Crippen LogP contribution is 2.32. The quantitative estimate of drug-likeness (QED) is 0.781. The predicted octanol–water partition coefficient (Wildman–Crippen LogP) is 2.64. The number of oxazole rings is 1. The fourth-order valence-corrected chi connectivity index (χ4v) is 4.20. The van der Waals surface area contributed by atoms with Gasteiger partial charge in [-0.05, 0) is 50.6 Å². The van der Waals surface area contributed by atoms with Gasteiger partial charge in [-0.3, -0.25) is 4.79 Å². The first-order valence-electron chi connectivity index (χ1n) is 9.72. The first kappa shape index (κ1) is 23.7. The number of benzene rings is 1. The van der Waals surface area contributed by atoms with E-state index in [1.54, 1.807) is 7.11 Å². The highest BCUT2D eigenvalue weighted by Gasteiger charge is 2.43. The minimum atomic E-state index is -0.378. The van der Waals surface area contributed by atoms with Crippen molar-refractivity contribution >= 4 is 47.8 Å². The van der Waals surface area contributed by atoms with E-state index in [9.17, 15) is 4.79 Å². The number of aryl methyl sites for hydroxylation is 1. The number of hydrogen-bond acceptors (Lipinski definition) is 6. The number of nitrogens with one attached hydrogen (secondary N) is 1. The van der Waals surface area contributed by atoms with Gasteiger partial charge in [0.05, 0.1) is 12.0 Å². The van der Waals surface area contributed by atoms with Crippen LogP contribution in [0.5, 0.6) is 0 Å². The molecule has 1 N–H and O–H groups in total. The van der Waals surface area contributed by atoms with E-state index < -0.39 is 0 Å². The van der Waals surface area contributed by atoms with Crippen LogP contribution in [0.15, 0.2) is 22.6 Å². The number of halogens is 2. The van der Waals surface area contributed by atoms with Gasteiger partial charge in [-0.25, -0.2) is 0 Å². The summed E-state index contributed by atoms with van der Waals surface area (Å²) in [7, 11) is 1.68. The van der Waals surface area contributed by atoms with Crippen molar-refractivity contribution in [3.63, 3.8) is 0 Å². The SMILES string of the molecule is COCC1(C(=O)N2CCN(c3nc4cc(C)ccc4o3)CC2)CCNCC1.Cl.Cl. The Hall–Kier alpha value is -1.54. The number of amides is 1. The zero-order valence-corrected chi connectivity index (χ0v) is 18.6. The van der Waals surface area contributed by atoms with Crippen LogP contribution in [0.3, 0.4) is 0 Å². The van der Waals surface area contributed by atoms with Crippen LogP contribution in [0.4, 0.5) is 6.01 Å². The molecule has 2 aliphatic heterocycles. The molecule has 0 saturated carbocycles. The number of rotatable bonds is 4. The summed E-state index contributed by atoms with van der Waals surface area (Å²) in [5, 5.41) is 3.35. The van der Waals surface area contributed by atoms with Gasteiger partial charge in [0.2, 0.25) is 5.91 Å². The number of carbonyl (C=O) groups is 1. The van der Waals surface area contributed by atoms with Crippen LogP contribution in [0, 0.1) is 12.3 Å². The highest BCUT2D eigenvalue weighted by molar-refractivity contribution is 5.85. The maximum Gasteiger partial charge on any atom is 0.298 e. The van der Waals surface area contributed by atoms with Crippen LogP contribution in [-0.4, -0.2) is 68.8 Å². The smallest absolute Gasteiger partial charge is 0.298 e. The number of piperazine rings is 1. The van der Waals surface area contributed by atoms with Crippen molar-refractivity contribution in [2.75, 3.05) is 57.9 Å². The molecular formula is C20H30Cl2N4O3. The fraction of sp³-hybridized carbons (Fsp3) is 0.600. The minimum Gasteiger partial charge on any atom is -0.423 e. The molecule has 7 nitrogen and oxygen atoms in total. The van der Waals surface area contributed by atoms with Crippen molar-refractivity contribution in [1.82, 2.24) is 15.2 Å². The van der Waals surface area contributed by atoms with Crippen molar-refractivity contribution in [2.24, 2.45) is 5.41 Å². The topological polar surface area (TPSA) is 70.8 Å². The Morgan fingerprint density at radius 3 is 2.55 bits per heavy atom. The van der Waals surface area contributed by atoms with Crippen LogP contribution in [0.1, 0.15) is 18.4 Å². The molecule has 1 amide bonds. The number of aromatic nitrogens is 1. The monoisotopic (exact) mass is 444 g/mol. The number of fused-ring (bicyclic) bond motifs is 1. The molecule has 3 heterocycles. The lowest BCUT2D eigenvalue weighted by Gasteiger charge is -2.42. The molecule has 0 aliphatic carbocycles. The van der Waals surface area contributed by atoms with Gasteiger partial charge in [0, 0.05) is 33.3 Å². The van der Waals surface area contributed by atoms with E-state index >= 15 is 0 Å². The van der Waals surface area contributed by atoms with E-state index in [4.69, 9.17) is 9.15 Å². The standard InChI is InChI=1S/C20H28N4O3.2ClH/c1-15-3-4-17-16(13-15)22-19(27-17)24-11-9-23(10-12-24)18(25)20(14-26-2)5-7-21-8-6-20;;/h3-4,13,21H,5-12,14H2,1-2H3;2*1H. The van der Waals surface area contributed by atoms with E-state index in [1.165, 1.54) is 5.56 Å². The number of ether oxygens (including phenoxy) is 1. The number of nitrogens with zero attached hydrogens (tertiary/aromatic N) is 3. The number of piperidine rings is 1. The summed E-state index contributed by atoms with van der Waals surface area (Å²) in [6.45, 7) is 7.14. The Kier molecular flexibility index (Phi) is 8.17. The summed E-state index contributed by atoms with van der Waals surface area (Å²) in [5.41, 5.74) is 2.49. The average Bonchev–Trinajstić information content (AvgIpc) is 3.11. The number of carbonyl (C=O) groups excluding carboxylic acids is 1. The Labute approximate surface area is 184 Å². The minimum absolute atomic E-state index is 0. The third-order valence-electron chi connectivity index (χ3n) is 5.80. The van der Waals surface area contributed by atoms with Crippen LogP contribution in [-0.2, 0) is 9.53 Å². The second-order valence-corrected chi connectivity index (χ2v) is 7.71. The van der Waals surface area contributed by atoms with Gasteiger partial charge >= 0.3 is 0 Å². The van der Waals surface area contributed by atoms with Crippen LogP contribution < -0.4 is 10.2 Å². The fourth-order valence-electron chi connectivity index (χ4n) is 4.20. The van der Waals surface area contributed by atoms with Gasteiger partial charge in [0.25, 0.3) is 6.01 Å². The predicted molar refractivity (Wildman–Crippen MR) is 118 cm³/mol. The molecule has 2 aliphatic rings. The highest BCUT2D eigenvalue weighted by atomic mass is 35.5. The van der Waals surface area contributed by atoms with Gasteiger partial charge in [-0.1, -0.05) is 6.07 Å². The molecule has 4 rings (SSSR count). The molecule has 2 fully saturated rings. The summed E-state index contributed by atoms with van der Waals surface area (Å²) in [6.07, 6.45) is 1.68. The van der Waals surface area contributed by atoms with Crippen molar-refractivity contribution in [2.45, 2.75) is 19.8 Å². The Bertz CT molecular complexity index is 810. The lowest BCUT2D eigenvalue weighted by molar-refractivity contribution is -0.148. The average molecular weight is 445 g/mol. The molecule has 0 bridgehead atoms. The second-order valence-electron chi connectivity index (χ2n) is 7.71. The van der Waals surface area contributed by atoms with E-state index in [-0.39, 0.29) is 36.1 Å². The number of methoxy groups -OCH3 is 1. The van der Waals surface area contributed by atoms with Gasteiger partial charge in [0.15, 0.2) is 5.58 Å². The molecule has 29 heavy (non-hydrogen) atoms. The summed E-state index contributed by atoms with van der Waals surface area (Å²) in [6, 6.07) is 6.68. The Morgan fingerprint density at radius 2 is 1.90 bits per heavy atom. The van der Waals surface area contributed by atoms with E-state index in [0.29, 0.717) is 25.7 Å². The van der Waals surface area contributed by atoms with E-state index in [0.717, 1.165) is 50.1 Å². The van der Waals surface area contributed by atoms with Crippen molar-refractivity contribution in [1.29, 1.82) is 0 Å². The normalized spacial score (nSPS) is 18.8. The van der Waals surface area contributed by atoms with Gasteiger partial charge in [0.1, 0.15) is 5.52 Å². The van der Waals surface area contributed by atoms with E-state index in [2.05, 4.69) is 22.1 Å². The molecule has 2 saturated heterocycles. The zero-order valence-electron chi connectivity index (χ0n) is 17.0. The first-order chi connectivity index (χ1) is 13.1. The summed E-state index contributed by atoms with van der Waals surface area (Å²) in [5.74, 6) is 0.235. The van der Waals surface area contributed by atoms with Crippen LogP contribution in [0.2, 0.25) is 0 Å². The molecule has 0 radical (unpaired) electrons. The van der Waals surface area contributed by atoms with Crippen molar-refractivity contribution in [3.8, 4) is 0 Å². The molecule has 9 heteroatoms. The first-order valence-corrected chi connectivity index (χ1v) is 9.72. The Balaban J connectivity index is 0.00000150. The number of hydrogen-bond donors (Lipinski definition) is 1. The Morgan fingerprint density at radius 1 is 1.21 bits per heavy atom. The summed E-state index contributed by atoms with van der Waals surface area (Å²) < 4.78 is 11.3. The lowest BCUT2D eigenvalue weighted by Crippen LogP contribution is -2.56. The second kappa shape index (κ2) is 9.98. The van der Waals surface area contributed by atoms with Crippen LogP contribution in [0.25, 0.3) is 11.1 Å². The lowest BCUT2D eigenvalue weighted by atomic mass is 9.78. The third-order valence-corrected chi connectivity index (χ3v) is 5.80. The van der Waals surface area contributed by atoms with E-state index in [1.807, 2.05) is 23.1 Å². The third kappa shape index (κ3) is 4.79. The molecule has 1 aromatic carbocycles.